The molecular formula is C19H19F4N3O2. The number of alkyl halides is 3. The largest absolute Gasteiger partial charge is 0.419 e. The number of hydrogen-bond donors (Lipinski definition) is 2. The lowest BCUT2D eigenvalue weighted by molar-refractivity contribution is -0.140. The summed E-state index contributed by atoms with van der Waals surface area (Å²) in [5, 5.41) is 2.65. The predicted octanol–water partition coefficient (Wildman–Crippen LogP) is 3.93. The number of hydrogen-bond acceptors (Lipinski definition) is 3. The van der Waals surface area contributed by atoms with Crippen LogP contribution in [-0.4, -0.2) is 15.9 Å². The van der Waals surface area contributed by atoms with E-state index in [-0.39, 0.29) is 23.1 Å². The first-order valence-electron chi connectivity index (χ1n) is 8.85. The number of nitrogens with zero attached hydrogens (tertiary/aromatic N) is 1. The summed E-state index contributed by atoms with van der Waals surface area (Å²) in [6.07, 6.45) is -3.03. The van der Waals surface area contributed by atoms with Crippen molar-refractivity contribution in [2.24, 2.45) is 5.92 Å². The lowest BCUT2D eigenvalue weighted by Crippen LogP contribution is -2.33. The Hall–Kier alpha value is -2.71. The average molecular weight is 397 g/mol. The molecule has 1 aliphatic carbocycles. The molecule has 1 aromatic carbocycles. The number of benzene rings is 1. The SMILES string of the molecule is CC(C)C(NC(=O)c1cc(=O)[nH]c(C2CC2)n1)c1ccc(C(F)(F)F)c(F)c1. The van der Waals surface area contributed by atoms with Crippen LogP contribution in [0.2, 0.25) is 0 Å². The highest BCUT2D eigenvalue weighted by molar-refractivity contribution is 5.92. The first-order chi connectivity index (χ1) is 13.1. The summed E-state index contributed by atoms with van der Waals surface area (Å²) in [4.78, 5) is 31.1. The third-order valence-corrected chi connectivity index (χ3v) is 4.57. The summed E-state index contributed by atoms with van der Waals surface area (Å²) in [6, 6.07) is 2.87. The van der Waals surface area contributed by atoms with Gasteiger partial charge in [-0.15, -0.1) is 0 Å². The molecule has 0 bridgehead atoms. The minimum absolute atomic E-state index is 0.0799. The molecule has 2 N–H and O–H groups in total. The smallest absolute Gasteiger partial charge is 0.344 e. The van der Waals surface area contributed by atoms with Crippen LogP contribution >= 0.6 is 0 Å². The first-order valence-corrected chi connectivity index (χ1v) is 8.85. The molecule has 9 heteroatoms. The molecule has 1 aliphatic rings. The van der Waals surface area contributed by atoms with Gasteiger partial charge in [0, 0.05) is 12.0 Å². The molecule has 1 fully saturated rings. The summed E-state index contributed by atoms with van der Waals surface area (Å²) in [6.45, 7) is 3.47. The van der Waals surface area contributed by atoms with Gasteiger partial charge >= 0.3 is 6.18 Å². The quantitative estimate of drug-likeness (QED) is 0.751. The molecule has 0 saturated heterocycles. The Balaban J connectivity index is 1.87. The van der Waals surface area contributed by atoms with Gasteiger partial charge in [-0.25, -0.2) is 9.37 Å². The Morgan fingerprint density at radius 2 is 1.93 bits per heavy atom. The predicted molar refractivity (Wildman–Crippen MR) is 93.3 cm³/mol. The second kappa shape index (κ2) is 7.37. The number of nitrogens with one attached hydrogen (secondary N) is 2. The molecule has 1 aromatic heterocycles. The van der Waals surface area contributed by atoms with Crippen molar-refractivity contribution < 1.29 is 22.4 Å². The number of aromatic nitrogens is 2. The van der Waals surface area contributed by atoms with Crippen molar-refractivity contribution in [2.45, 2.75) is 44.8 Å². The number of carbonyl (C=O) groups is 1. The van der Waals surface area contributed by atoms with Gasteiger partial charge in [0.2, 0.25) is 0 Å². The van der Waals surface area contributed by atoms with E-state index in [2.05, 4.69) is 15.3 Å². The molecule has 1 heterocycles. The Labute approximate surface area is 158 Å². The van der Waals surface area contributed by atoms with Gasteiger partial charge in [0.05, 0.1) is 11.6 Å². The monoisotopic (exact) mass is 397 g/mol. The van der Waals surface area contributed by atoms with Gasteiger partial charge in [0.1, 0.15) is 17.3 Å². The van der Waals surface area contributed by atoms with E-state index in [1.165, 1.54) is 0 Å². The maximum absolute atomic E-state index is 13.9. The number of rotatable bonds is 5. The van der Waals surface area contributed by atoms with Gasteiger partial charge < -0.3 is 10.3 Å². The minimum Gasteiger partial charge on any atom is -0.344 e. The topological polar surface area (TPSA) is 74.8 Å². The van der Waals surface area contributed by atoms with Crippen molar-refractivity contribution >= 4 is 5.91 Å². The van der Waals surface area contributed by atoms with E-state index in [0.29, 0.717) is 11.9 Å². The van der Waals surface area contributed by atoms with Gasteiger partial charge in [0.25, 0.3) is 11.5 Å². The highest BCUT2D eigenvalue weighted by atomic mass is 19.4. The van der Waals surface area contributed by atoms with Crippen molar-refractivity contribution in [1.82, 2.24) is 15.3 Å². The van der Waals surface area contributed by atoms with Gasteiger partial charge in [0.15, 0.2) is 0 Å². The molecule has 0 aliphatic heterocycles. The number of carbonyl (C=O) groups excluding carboxylic acids is 1. The van der Waals surface area contributed by atoms with E-state index in [1.54, 1.807) is 13.8 Å². The van der Waals surface area contributed by atoms with Crippen molar-refractivity contribution in [1.29, 1.82) is 0 Å². The third-order valence-electron chi connectivity index (χ3n) is 4.57. The normalized spacial score (nSPS) is 15.5. The molecular weight excluding hydrogens is 378 g/mol. The van der Waals surface area contributed by atoms with Crippen molar-refractivity contribution in [2.75, 3.05) is 0 Å². The molecule has 0 radical (unpaired) electrons. The van der Waals surface area contributed by atoms with Gasteiger partial charge in [-0.1, -0.05) is 19.9 Å². The fraction of sp³-hybridized carbons (Fsp3) is 0.421. The highest BCUT2D eigenvalue weighted by Crippen LogP contribution is 2.37. The summed E-state index contributed by atoms with van der Waals surface area (Å²) >= 11 is 0. The molecule has 1 atom stereocenters. The van der Waals surface area contributed by atoms with Crippen LogP contribution in [0, 0.1) is 11.7 Å². The Morgan fingerprint density at radius 3 is 2.46 bits per heavy atom. The molecule has 1 saturated carbocycles. The molecule has 28 heavy (non-hydrogen) atoms. The molecule has 0 spiro atoms. The van der Waals surface area contributed by atoms with Crippen LogP contribution in [0.5, 0.6) is 0 Å². The van der Waals surface area contributed by atoms with Crippen LogP contribution in [0.3, 0.4) is 0 Å². The van der Waals surface area contributed by atoms with E-state index < -0.39 is 35.1 Å². The van der Waals surface area contributed by atoms with Crippen molar-refractivity contribution in [3.8, 4) is 0 Å². The average Bonchev–Trinajstić information content (AvgIpc) is 3.42. The molecule has 5 nitrogen and oxygen atoms in total. The number of amides is 1. The summed E-state index contributed by atoms with van der Waals surface area (Å²) < 4.78 is 52.2. The van der Waals surface area contributed by atoms with E-state index in [0.717, 1.165) is 31.0 Å². The zero-order valence-corrected chi connectivity index (χ0v) is 15.2. The van der Waals surface area contributed by atoms with Gasteiger partial charge in [-0.2, -0.15) is 13.2 Å². The fourth-order valence-corrected chi connectivity index (χ4v) is 2.95. The van der Waals surface area contributed by atoms with Crippen LogP contribution in [0.1, 0.15) is 66.1 Å². The minimum atomic E-state index is -4.80. The second-order valence-electron chi connectivity index (χ2n) is 7.22. The summed E-state index contributed by atoms with van der Waals surface area (Å²) in [5.74, 6) is -1.73. The maximum Gasteiger partial charge on any atom is 0.419 e. The number of aromatic amines is 1. The lowest BCUT2D eigenvalue weighted by atomic mass is 9.94. The summed E-state index contributed by atoms with van der Waals surface area (Å²) in [5.41, 5.74) is -1.70. The second-order valence-corrected chi connectivity index (χ2v) is 7.22. The van der Waals surface area contributed by atoms with Crippen molar-refractivity contribution in [3.05, 3.63) is 63.1 Å². The van der Waals surface area contributed by atoms with Crippen LogP contribution in [0.4, 0.5) is 17.6 Å². The standard InChI is InChI=1S/C19H19F4N3O2/c1-9(2)16(11-5-6-12(13(20)7-11)19(21,22)23)26-18(28)14-8-15(27)25-17(24-14)10-3-4-10/h5-10,16H,3-4H2,1-2H3,(H,26,28)(H,24,25,27). The summed E-state index contributed by atoms with van der Waals surface area (Å²) in [7, 11) is 0. The molecule has 1 unspecified atom stereocenters. The van der Waals surface area contributed by atoms with Crippen LogP contribution < -0.4 is 10.9 Å². The Morgan fingerprint density at radius 1 is 1.25 bits per heavy atom. The lowest BCUT2D eigenvalue weighted by Gasteiger charge is -2.23. The van der Waals surface area contributed by atoms with Crippen LogP contribution in [0.25, 0.3) is 0 Å². The number of H-pyrrole nitrogens is 1. The third kappa shape index (κ3) is 4.40. The fourth-order valence-electron chi connectivity index (χ4n) is 2.95. The zero-order chi connectivity index (χ0) is 20.6. The van der Waals surface area contributed by atoms with Crippen LogP contribution in [0.15, 0.2) is 29.1 Å². The molecule has 150 valence electrons. The molecule has 1 amide bonds. The Kier molecular flexibility index (Phi) is 5.27. The Bertz CT molecular complexity index is 949. The van der Waals surface area contributed by atoms with E-state index in [4.69, 9.17) is 0 Å². The first kappa shape index (κ1) is 20.0. The van der Waals surface area contributed by atoms with Gasteiger partial charge in [-0.05, 0) is 36.5 Å². The maximum atomic E-state index is 13.9. The van der Waals surface area contributed by atoms with E-state index in [9.17, 15) is 27.2 Å². The van der Waals surface area contributed by atoms with E-state index >= 15 is 0 Å². The highest BCUT2D eigenvalue weighted by Gasteiger charge is 2.34. The van der Waals surface area contributed by atoms with E-state index in [1.807, 2.05) is 0 Å². The number of halogens is 4. The molecule has 2 aromatic rings. The van der Waals surface area contributed by atoms with Gasteiger partial charge in [-0.3, -0.25) is 9.59 Å². The molecule has 3 rings (SSSR count). The van der Waals surface area contributed by atoms with Crippen LogP contribution in [-0.2, 0) is 6.18 Å². The van der Waals surface area contributed by atoms with Crippen molar-refractivity contribution in [3.63, 3.8) is 0 Å². The zero-order valence-electron chi connectivity index (χ0n) is 15.2.